The van der Waals surface area contributed by atoms with E-state index in [1.807, 2.05) is 20.8 Å². The lowest BCUT2D eigenvalue weighted by Crippen LogP contribution is -2.57. The first-order valence-electron chi connectivity index (χ1n) is 10.3. The number of anilines is 2. The van der Waals surface area contributed by atoms with Crippen molar-refractivity contribution in [3.8, 4) is 0 Å². The van der Waals surface area contributed by atoms with Crippen LogP contribution in [0, 0.1) is 0 Å². The van der Waals surface area contributed by atoms with Gasteiger partial charge in [0.1, 0.15) is 5.60 Å². The van der Waals surface area contributed by atoms with Crippen LogP contribution < -0.4 is 16.0 Å². The minimum atomic E-state index is -1.92. The molecule has 0 aliphatic carbocycles. The van der Waals surface area contributed by atoms with E-state index in [4.69, 9.17) is 14.9 Å². The summed E-state index contributed by atoms with van der Waals surface area (Å²) in [6.45, 7) is 18.2. The maximum Gasteiger partial charge on any atom is 0.415 e. The quantitative estimate of drug-likeness (QED) is 0.708. The average molecular weight is 423 g/mol. The van der Waals surface area contributed by atoms with Crippen LogP contribution >= 0.6 is 0 Å². The van der Waals surface area contributed by atoms with Crippen molar-refractivity contribution in [3.05, 3.63) is 18.5 Å². The molecule has 0 spiro atoms. The van der Waals surface area contributed by atoms with E-state index in [0.717, 1.165) is 13.0 Å². The number of piperidine rings is 1. The number of hydrogen-bond donors (Lipinski definition) is 2. The van der Waals surface area contributed by atoms with Crippen LogP contribution in [0.15, 0.2) is 18.5 Å². The topological polar surface area (TPSA) is 89.7 Å². The minimum Gasteiger partial charge on any atom is -0.443 e. The van der Waals surface area contributed by atoms with Gasteiger partial charge < -0.3 is 20.2 Å². The van der Waals surface area contributed by atoms with Crippen LogP contribution in [0.5, 0.6) is 0 Å². The number of nitrogens with one attached hydrogen (secondary N) is 1. The molecule has 0 saturated carbocycles. The lowest BCUT2D eigenvalue weighted by Gasteiger charge is -2.43. The van der Waals surface area contributed by atoms with Crippen LogP contribution in [0.4, 0.5) is 16.2 Å². The van der Waals surface area contributed by atoms with Gasteiger partial charge in [0.25, 0.3) is 0 Å². The highest BCUT2D eigenvalue weighted by atomic mass is 28.4. The summed E-state index contributed by atoms with van der Waals surface area (Å²) in [6.07, 6.45) is 3.55. The Hall–Kier alpha value is -1.64. The molecule has 0 aromatic carbocycles. The summed E-state index contributed by atoms with van der Waals surface area (Å²) in [5, 5.41) is 3.56. The van der Waals surface area contributed by atoms with E-state index in [-0.39, 0.29) is 17.2 Å². The molecule has 1 aliphatic rings. The molecule has 1 aromatic heterocycles. The van der Waals surface area contributed by atoms with Gasteiger partial charge in [-0.3, -0.25) is 9.88 Å². The predicted molar refractivity (Wildman–Crippen MR) is 121 cm³/mol. The lowest BCUT2D eigenvalue weighted by molar-refractivity contribution is 0.0541. The number of nitrogens with zero attached hydrogens (tertiary/aromatic N) is 2. The summed E-state index contributed by atoms with van der Waals surface area (Å²) in [5.41, 5.74) is 6.63. The van der Waals surface area contributed by atoms with Crippen LogP contribution in [0.25, 0.3) is 0 Å². The van der Waals surface area contributed by atoms with Crippen molar-refractivity contribution in [1.82, 2.24) is 10.3 Å². The van der Waals surface area contributed by atoms with Gasteiger partial charge in [0.15, 0.2) is 8.32 Å². The fourth-order valence-corrected chi connectivity index (χ4v) is 4.50. The summed E-state index contributed by atoms with van der Waals surface area (Å²) in [4.78, 5) is 18.9. The van der Waals surface area contributed by atoms with Crippen molar-refractivity contribution >= 4 is 25.8 Å². The van der Waals surface area contributed by atoms with Crippen molar-refractivity contribution in [2.75, 3.05) is 23.7 Å². The highest BCUT2D eigenvalue weighted by molar-refractivity contribution is 6.74. The summed E-state index contributed by atoms with van der Waals surface area (Å²) >= 11 is 0. The first kappa shape index (κ1) is 23.6. The second-order valence-corrected chi connectivity index (χ2v) is 15.1. The maximum atomic E-state index is 13.1. The molecule has 164 valence electrons. The van der Waals surface area contributed by atoms with Gasteiger partial charge in [0, 0.05) is 19.3 Å². The Bertz CT molecular complexity index is 713. The summed E-state index contributed by atoms with van der Waals surface area (Å²) < 4.78 is 12.3. The Labute approximate surface area is 176 Å². The van der Waals surface area contributed by atoms with Crippen molar-refractivity contribution in [3.63, 3.8) is 0 Å². The van der Waals surface area contributed by atoms with Crippen LogP contribution in [0.1, 0.15) is 48.0 Å². The van der Waals surface area contributed by atoms with Gasteiger partial charge >= 0.3 is 6.09 Å². The Kier molecular flexibility index (Phi) is 7.02. The third kappa shape index (κ3) is 6.17. The zero-order chi connectivity index (χ0) is 22.0. The third-order valence-electron chi connectivity index (χ3n) is 5.60. The van der Waals surface area contributed by atoms with E-state index in [1.165, 1.54) is 0 Å². The summed E-state index contributed by atoms with van der Waals surface area (Å²) in [6, 6.07) is 1.63. The second-order valence-electron chi connectivity index (χ2n) is 10.3. The molecule has 29 heavy (non-hydrogen) atoms. The molecular weight excluding hydrogens is 384 g/mol. The highest BCUT2D eigenvalue weighted by Gasteiger charge is 2.41. The van der Waals surface area contributed by atoms with E-state index in [1.54, 1.807) is 23.4 Å². The fraction of sp³-hybridized carbons (Fsp3) is 0.714. The van der Waals surface area contributed by atoms with Crippen LogP contribution in [-0.4, -0.2) is 50.2 Å². The number of ether oxygens (including phenoxy) is 1. The number of hydrogen-bond acceptors (Lipinski definition) is 6. The van der Waals surface area contributed by atoms with Crippen molar-refractivity contribution in [1.29, 1.82) is 0 Å². The molecule has 1 fully saturated rings. The number of rotatable bonds is 4. The lowest BCUT2D eigenvalue weighted by atomic mass is 10.0. The Morgan fingerprint density at radius 3 is 2.45 bits per heavy atom. The second kappa shape index (κ2) is 8.61. The SMILES string of the molecule is CC(C)(C)OC(=O)N(c1ccncc1N)[C@@H]1CNC[C@H](O[Si](C)(C)C(C)(C)C)C1. The number of amides is 1. The molecule has 0 radical (unpaired) electrons. The number of nitrogen functional groups attached to an aromatic ring is 1. The van der Waals surface area contributed by atoms with Crippen molar-refractivity contribution in [2.24, 2.45) is 0 Å². The van der Waals surface area contributed by atoms with E-state index in [2.05, 4.69) is 44.2 Å². The smallest absolute Gasteiger partial charge is 0.415 e. The first-order valence-corrected chi connectivity index (χ1v) is 13.2. The van der Waals surface area contributed by atoms with Crippen LogP contribution in [-0.2, 0) is 9.16 Å². The molecule has 7 nitrogen and oxygen atoms in total. The maximum absolute atomic E-state index is 13.1. The van der Waals surface area contributed by atoms with Crippen molar-refractivity contribution < 1.29 is 14.0 Å². The van der Waals surface area contributed by atoms with Crippen LogP contribution in [0.2, 0.25) is 18.1 Å². The van der Waals surface area contributed by atoms with Crippen LogP contribution in [0.3, 0.4) is 0 Å². The standard InChI is InChI=1S/C21H38N4O3Si/c1-20(2,3)27-19(26)25(18-9-10-23-14-17(18)22)15-11-16(13-24-12-15)28-29(7,8)21(4,5)6/h9-10,14-16,24H,11-13,22H2,1-8H3/t15-,16+/m0/s1. The molecule has 2 atom stereocenters. The molecule has 2 rings (SSSR count). The molecular formula is C21H38N4O3Si. The zero-order valence-corrected chi connectivity index (χ0v) is 20.2. The van der Waals surface area contributed by atoms with Gasteiger partial charge in [0.2, 0.25) is 0 Å². The molecule has 0 unspecified atom stereocenters. The predicted octanol–water partition coefficient (Wildman–Crippen LogP) is 4.16. The molecule has 3 N–H and O–H groups in total. The highest BCUT2D eigenvalue weighted by Crippen LogP contribution is 2.38. The first-order chi connectivity index (χ1) is 13.2. The van der Waals surface area contributed by atoms with Crippen molar-refractivity contribution in [2.45, 2.75) is 83.8 Å². The fourth-order valence-electron chi connectivity index (χ4n) is 3.13. The normalized spacial score (nSPS) is 21.0. The molecule has 1 aromatic rings. The molecule has 0 bridgehead atoms. The summed E-state index contributed by atoms with van der Waals surface area (Å²) in [5.74, 6) is 0. The summed E-state index contributed by atoms with van der Waals surface area (Å²) in [7, 11) is -1.92. The van der Waals surface area contributed by atoms with Gasteiger partial charge in [-0.15, -0.1) is 0 Å². The molecule has 1 amide bonds. The van der Waals surface area contributed by atoms with E-state index in [0.29, 0.717) is 17.9 Å². The number of aromatic nitrogens is 1. The minimum absolute atomic E-state index is 0.0302. The Balaban J connectivity index is 2.28. The Morgan fingerprint density at radius 1 is 1.24 bits per heavy atom. The number of carbonyl (C=O) groups is 1. The van der Waals surface area contributed by atoms with Gasteiger partial charge in [-0.2, -0.15) is 0 Å². The third-order valence-corrected chi connectivity index (χ3v) is 10.1. The van der Waals surface area contributed by atoms with E-state index >= 15 is 0 Å². The van der Waals surface area contributed by atoms with Gasteiger partial charge in [-0.25, -0.2) is 4.79 Å². The number of pyridine rings is 1. The Morgan fingerprint density at radius 2 is 1.90 bits per heavy atom. The molecule has 2 heterocycles. The van der Waals surface area contributed by atoms with E-state index in [9.17, 15) is 4.79 Å². The zero-order valence-electron chi connectivity index (χ0n) is 19.2. The number of nitrogens with two attached hydrogens (primary N) is 1. The molecule has 1 saturated heterocycles. The number of carbonyl (C=O) groups excluding carboxylic acids is 1. The van der Waals surface area contributed by atoms with Gasteiger partial charge in [-0.1, -0.05) is 20.8 Å². The van der Waals surface area contributed by atoms with Gasteiger partial charge in [-0.05, 0) is 51.4 Å². The monoisotopic (exact) mass is 422 g/mol. The molecule has 8 heteroatoms. The van der Waals surface area contributed by atoms with E-state index < -0.39 is 20.0 Å². The molecule has 1 aliphatic heterocycles. The van der Waals surface area contributed by atoms with Gasteiger partial charge in [0.05, 0.1) is 29.7 Å². The largest absolute Gasteiger partial charge is 0.443 e. The average Bonchev–Trinajstić information content (AvgIpc) is 2.54.